The topological polar surface area (TPSA) is 56.2 Å². The van der Waals surface area contributed by atoms with Gasteiger partial charge in [-0.15, -0.1) is 0 Å². The Balaban J connectivity index is 1.35. The van der Waals surface area contributed by atoms with Crippen LogP contribution < -0.4 is 0 Å². The Morgan fingerprint density at radius 1 is 1.12 bits per heavy atom. The van der Waals surface area contributed by atoms with Crippen LogP contribution in [0.2, 0.25) is 10.0 Å². The number of rotatable bonds is 8. The SMILES string of the molecule is CCc1nn2c(-c3ccc(Cl)cc3Cl)ccnc2c1C(C)CCCSc1nc2ccccc2o1. The van der Waals surface area contributed by atoms with E-state index in [1.807, 2.05) is 53.2 Å². The monoisotopic (exact) mass is 510 g/mol. The van der Waals surface area contributed by atoms with Crippen LogP contribution in [0.1, 0.15) is 43.9 Å². The third kappa shape index (κ3) is 4.54. The summed E-state index contributed by atoms with van der Waals surface area (Å²) < 4.78 is 7.75. The molecule has 0 spiro atoms. The number of halogens is 2. The van der Waals surface area contributed by atoms with E-state index in [0.717, 1.165) is 63.9 Å². The molecule has 2 aromatic carbocycles. The normalized spacial score (nSPS) is 12.6. The molecule has 0 fully saturated rings. The van der Waals surface area contributed by atoms with Crippen LogP contribution in [-0.2, 0) is 6.42 Å². The minimum Gasteiger partial charge on any atom is -0.431 e. The number of nitrogens with zero attached hydrogens (tertiary/aromatic N) is 4. The van der Waals surface area contributed by atoms with E-state index in [0.29, 0.717) is 16.0 Å². The van der Waals surface area contributed by atoms with Crippen molar-refractivity contribution in [3.8, 4) is 11.3 Å². The Hall–Kier alpha value is -2.54. The van der Waals surface area contributed by atoms with Crippen LogP contribution in [0.4, 0.5) is 0 Å². The van der Waals surface area contributed by atoms with Crippen molar-refractivity contribution < 1.29 is 4.42 Å². The predicted molar refractivity (Wildman–Crippen MR) is 140 cm³/mol. The van der Waals surface area contributed by atoms with E-state index in [9.17, 15) is 0 Å². The lowest BCUT2D eigenvalue weighted by Crippen LogP contribution is -2.00. The summed E-state index contributed by atoms with van der Waals surface area (Å²) in [7, 11) is 0. The minimum absolute atomic E-state index is 0.320. The molecule has 5 aromatic rings. The van der Waals surface area contributed by atoms with Crippen molar-refractivity contribution in [3.63, 3.8) is 0 Å². The maximum absolute atomic E-state index is 6.51. The van der Waals surface area contributed by atoms with Gasteiger partial charge in [0.15, 0.2) is 11.2 Å². The van der Waals surface area contributed by atoms with E-state index in [1.165, 1.54) is 5.56 Å². The van der Waals surface area contributed by atoms with Gasteiger partial charge in [-0.1, -0.05) is 60.9 Å². The predicted octanol–water partition coefficient (Wildman–Crippen LogP) is 8.08. The first-order chi connectivity index (χ1) is 16.5. The fourth-order valence-electron chi connectivity index (χ4n) is 4.28. The number of aryl methyl sites for hydroxylation is 1. The first kappa shape index (κ1) is 23.2. The van der Waals surface area contributed by atoms with Gasteiger partial charge in [-0.25, -0.2) is 14.5 Å². The number of benzene rings is 2. The van der Waals surface area contributed by atoms with Crippen LogP contribution in [0.5, 0.6) is 0 Å². The van der Waals surface area contributed by atoms with Gasteiger partial charge in [0.2, 0.25) is 0 Å². The molecule has 0 N–H and O–H groups in total. The van der Waals surface area contributed by atoms with Crippen molar-refractivity contribution in [1.29, 1.82) is 0 Å². The fourth-order valence-corrected chi connectivity index (χ4v) is 5.58. The van der Waals surface area contributed by atoms with E-state index in [2.05, 4.69) is 18.8 Å². The molecule has 5 rings (SSSR count). The minimum atomic E-state index is 0.320. The number of fused-ring (bicyclic) bond motifs is 2. The maximum Gasteiger partial charge on any atom is 0.256 e. The van der Waals surface area contributed by atoms with Crippen LogP contribution in [-0.4, -0.2) is 25.3 Å². The Morgan fingerprint density at radius 2 is 1.97 bits per heavy atom. The molecule has 1 unspecified atom stereocenters. The Kier molecular flexibility index (Phi) is 6.82. The standard InChI is InChI=1S/C26H24Cl2N4OS/c1-3-20-24(16(2)7-6-14-34-26-30-21-8-4-5-9-23(21)33-26)25-29-13-12-22(32(25)31-20)18-11-10-17(27)15-19(18)28/h4-5,8-13,15-16H,3,6-7,14H2,1-2H3. The zero-order chi connectivity index (χ0) is 23.7. The molecule has 5 nitrogen and oxygen atoms in total. The number of hydrogen-bond donors (Lipinski definition) is 0. The lowest BCUT2D eigenvalue weighted by atomic mass is 9.95. The number of para-hydroxylation sites is 2. The molecule has 3 heterocycles. The second-order valence-electron chi connectivity index (χ2n) is 8.24. The molecule has 0 bridgehead atoms. The molecule has 0 aliphatic carbocycles. The molecule has 0 aliphatic heterocycles. The molecular formula is C26H24Cl2N4OS. The molecule has 8 heteroatoms. The summed E-state index contributed by atoms with van der Waals surface area (Å²) in [6.45, 7) is 4.39. The largest absolute Gasteiger partial charge is 0.431 e. The summed E-state index contributed by atoms with van der Waals surface area (Å²) in [5.74, 6) is 1.26. The van der Waals surface area contributed by atoms with Gasteiger partial charge in [-0.05, 0) is 61.6 Å². The summed E-state index contributed by atoms with van der Waals surface area (Å²) in [4.78, 5) is 9.26. The highest BCUT2D eigenvalue weighted by Gasteiger charge is 2.21. The second-order valence-corrected chi connectivity index (χ2v) is 10.1. The zero-order valence-corrected chi connectivity index (χ0v) is 21.3. The Morgan fingerprint density at radius 3 is 2.76 bits per heavy atom. The van der Waals surface area contributed by atoms with Gasteiger partial charge in [0.05, 0.1) is 16.4 Å². The van der Waals surface area contributed by atoms with Gasteiger partial charge < -0.3 is 4.42 Å². The van der Waals surface area contributed by atoms with Gasteiger partial charge in [-0.2, -0.15) is 5.10 Å². The first-order valence-corrected chi connectivity index (χ1v) is 13.1. The third-order valence-corrected chi connectivity index (χ3v) is 7.41. The van der Waals surface area contributed by atoms with Crippen LogP contribution >= 0.6 is 35.0 Å². The molecule has 1 atom stereocenters. The quantitative estimate of drug-likeness (QED) is 0.156. The summed E-state index contributed by atoms with van der Waals surface area (Å²) >= 11 is 14.3. The van der Waals surface area contributed by atoms with Crippen LogP contribution in [0, 0.1) is 0 Å². The smallest absolute Gasteiger partial charge is 0.256 e. The molecule has 174 valence electrons. The van der Waals surface area contributed by atoms with E-state index >= 15 is 0 Å². The second kappa shape index (κ2) is 9.98. The van der Waals surface area contributed by atoms with Crippen LogP contribution in [0.25, 0.3) is 28.0 Å². The summed E-state index contributed by atoms with van der Waals surface area (Å²) in [6, 6.07) is 15.3. The maximum atomic E-state index is 6.51. The molecule has 0 saturated carbocycles. The molecular weight excluding hydrogens is 487 g/mol. The number of oxazole rings is 1. The van der Waals surface area contributed by atoms with Gasteiger partial charge in [-0.3, -0.25) is 0 Å². The molecule has 34 heavy (non-hydrogen) atoms. The number of hydrogen-bond acceptors (Lipinski definition) is 5. The highest BCUT2D eigenvalue weighted by molar-refractivity contribution is 7.99. The number of aromatic nitrogens is 4. The van der Waals surface area contributed by atoms with Gasteiger partial charge in [0, 0.05) is 28.1 Å². The molecule has 3 aromatic heterocycles. The Bertz CT molecular complexity index is 1430. The van der Waals surface area contributed by atoms with Crippen LogP contribution in [0.3, 0.4) is 0 Å². The van der Waals surface area contributed by atoms with Crippen LogP contribution in [0.15, 0.2) is 64.4 Å². The van der Waals surface area contributed by atoms with Crippen molar-refractivity contribution in [1.82, 2.24) is 19.6 Å². The summed E-state index contributed by atoms with van der Waals surface area (Å²) in [5, 5.41) is 6.86. The van der Waals surface area contributed by atoms with Crippen molar-refractivity contribution in [3.05, 3.63) is 76.0 Å². The lowest BCUT2D eigenvalue weighted by molar-refractivity contribution is 0.489. The lowest BCUT2D eigenvalue weighted by Gasteiger charge is -2.12. The van der Waals surface area contributed by atoms with Crippen molar-refractivity contribution in [2.75, 3.05) is 5.75 Å². The average Bonchev–Trinajstić information content (AvgIpc) is 3.42. The van der Waals surface area contributed by atoms with Gasteiger partial charge >= 0.3 is 0 Å². The summed E-state index contributed by atoms with van der Waals surface area (Å²) in [5.41, 5.74) is 6.70. The van der Waals surface area contributed by atoms with E-state index < -0.39 is 0 Å². The zero-order valence-electron chi connectivity index (χ0n) is 19.0. The fraction of sp³-hybridized carbons (Fsp3) is 0.269. The molecule has 0 aliphatic rings. The number of thioether (sulfide) groups is 1. The summed E-state index contributed by atoms with van der Waals surface area (Å²) in [6.07, 6.45) is 4.73. The van der Waals surface area contributed by atoms with Crippen molar-refractivity contribution in [2.45, 2.75) is 44.3 Å². The van der Waals surface area contributed by atoms with Gasteiger partial charge in [0.25, 0.3) is 5.22 Å². The molecule has 0 saturated heterocycles. The highest BCUT2D eigenvalue weighted by atomic mass is 35.5. The van der Waals surface area contributed by atoms with E-state index in [-0.39, 0.29) is 0 Å². The van der Waals surface area contributed by atoms with Crippen molar-refractivity contribution in [2.24, 2.45) is 0 Å². The third-order valence-electron chi connectivity index (χ3n) is 5.95. The van der Waals surface area contributed by atoms with E-state index in [4.69, 9.17) is 37.7 Å². The van der Waals surface area contributed by atoms with Crippen molar-refractivity contribution >= 4 is 51.7 Å². The average molecular weight is 511 g/mol. The van der Waals surface area contributed by atoms with Gasteiger partial charge in [0.1, 0.15) is 5.52 Å². The Labute approximate surface area is 212 Å². The molecule has 0 radical (unpaired) electrons. The highest BCUT2D eigenvalue weighted by Crippen LogP contribution is 2.34. The first-order valence-electron chi connectivity index (χ1n) is 11.4. The van der Waals surface area contributed by atoms with E-state index in [1.54, 1.807) is 17.8 Å². The molecule has 0 amide bonds.